The maximum Gasteiger partial charge on any atom is 0.234 e. The topological polar surface area (TPSA) is 69.0 Å². The van der Waals surface area contributed by atoms with Crippen molar-refractivity contribution >= 4 is 23.4 Å². The number of anilines is 1. The second-order valence-electron chi connectivity index (χ2n) is 6.19. The van der Waals surface area contributed by atoms with Crippen molar-refractivity contribution in [2.45, 2.75) is 25.2 Å². The van der Waals surface area contributed by atoms with Crippen LogP contribution in [0.1, 0.15) is 11.4 Å². The molecule has 8 heteroatoms. The van der Waals surface area contributed by atoms with Gasteiger partial charge >= 0.3 is 0 Å². The first-order chi connectivity index (χ1) is 14.1. The molecule has 0 aliphatic rings. The number of benzene rings is 2. The van der Waals surface area contributed by atoms with E-state index in [2.05, 4.69) is 22.1 Å². The number of para-hydroxylation sites is 1. The molecule has 6 nitrogen and oxygen atoms in total. The highest BCUT2D eigenvalue weighted by molar-refractivity contribution is 7.99. The van der Waals surface area contributed by atoms with Crippen LogP contribution >= 0.6 is 11.8 Å². The van der Waals surface area contributed by atoms with E-state index in [1.54, 1.807) is 18.2 Å². The molecule has 3 aromatic rings. The summed E-state index contributed by atoms with van der Waals surface area (Å²) in [6, 6.07) is 13.4. The Balaban J connectivity index is 1.61. The summed E-state index contributed by atoms with van der Waals surface area (Å²) in [5.41, 5.74) is 1.79. The number of aromatic nitrogens is 3. The fraction of sp³-hybridized carbons (Fsp3) is 0.190. The number of aryl methyl sites for hydroxylation is 1. The first kappa shape index (κ1) is 20.6. The number of halogens is 1. The van der Waals surface area contributed by atoms with Gasteiger partial charge < -0.3 is 10.1 Å². The minimum absolute atomic E-state index is 0.124. The van der Waals surface area contributed by atoms with Gasteiger partial charge in [-0.3, -0.25) is 9.36 Å². The number of carbonyl (C=O) groups excluding carboxylic acids is 1. The quantitative estimate of drug-likeness (QED) is 0.421. The van der Waals surface area contributed by atoms with Gasteiger partial charge in [0.1, 0.15) is 18.2 Å². The average molecular weight is 412 g/mol. The van der Waals surface area contributed by atoms with Crippen molar-refractivity contribution in [3.8, 4) is 5.75 Å². The van der Waals surface area contributed by atoms with Gasteiger partial charge in [-0.25, -0.2) is 4.39 Å². The largest absolute Gasteiger partial charge is 0.486 e. The normalized spacial score (nSPS) is 10.6. The number of amides is 1. The molecule has 0 aliphatic heterocycles. The second-order valence-corrected chi connectivity index (χ2v) is 7.13. The minimum atomic E-state index is -0.324. The standard InChI is InChI=1S/C21H21FN4O2S/c1-3-12-26-19(13-28-17-10-8-16(22)9-11-17)24-25-21(26)29-14-20(27)23-18-7-5-4-6-15(18)2/h3-11H,1,12-14H2,2H3,(H,23,27). The van der Waals surface area contributed by atoms with Crippen LogP contribution in [0, 0.1) is 12.7 Å². The third-order valence-electron chi connectivity index (χ3n) is 4.04. The van der Waals surface area contributed by atoms with E-state index < -0.39 is 0 Å². The highest BCUT2D eigenvalue weighted by Crippen LogP contribution is 2.20. The number of allylic oxidation sites excluding steroid dienone is 1. The van der Waals surface area contributed by atoms with Crippen molar-refractivity contribution in [3.05, 3.63) is 78.4 Å². The number of hydrogen-bond donors (Lipinski definition) is 1. The monoisotopic (exact) mass is 412 g/mol. The SMILES string of the molecule is C=CCn1c(COc2ccc(F)cc2)nnc1SCC(=O)Nc1ccccc1C. The number of carbonyl (C=O) groups is 1. The number of nitrogens with zero attached hydrogens (tertiary/aromatic N) is 3. The molecular formula is C21H21FN4O2S. The van der Waals surface area contributed by atoms with Gasteiger partial charge in [0, 0.05) is 12.2 Å². The molecule has 3 rings (SSSR count). The summed E-state index contributed by atoms with van der Waals surface area (Å²) < 4.78 is 20.5. The van der Waals surface area contributed by atoms with E-state index in [9.17, 15) is 9.18 Å². The van der Waals surface area contributed by atoms with Crippen molar-refractivity contribution in [1.82, 2.24) is 14.8 Å². The molecule has 0 saturated carbocycles. The molecule has 0 spiro atoms. The molecule has 29 heavy (non-hydrogen) atoms. The summed E-state index contributed by atoms with van der Waals surface area (Å²) in [5, 5.41) is 11.8. The molecule has 150 valence electrons. The Labute approximate surface area is 172 Å². The van der Waals surface area contributed by atoms with E-state index in [1.807, 2.05) is 35.8 Å². The van der Waals surface area contributed by atoms with Gasteiger partial charge in [0.25, 0.3) is 0 Å². The van der Waals surface area contributed by atoms with Crippen molar-refractivity contribution in [3.63, 3.8) is 0 Å². The van der Waals surface area contributed by atoms with Gasteiger partial charge in [0.15, 0.2) is 11.0 Å². The van der Waals surface area contributed by atoms with E-state index >= 15 is 0 Å². The zero-order valence-corrected chi connectivity index (χ0v) is 16.8. The molecule has 1 amide bonds. The number of rotatable bonds is 9. The van der Waals surface area contributed by atoms with Crippen molar-refractivity contribution in [2.24, 2.45) is 0 Å². The summed E-state index contributed by atoms with van der Waals surface area (Å²) in [5.74, 6) is 0.876. The molecule has 1 heterocycles. The number of nitrogens with one attached hydrogen (secondary N) is 1. The Morgan fingerprint density at radius 2 is 2.00 bits per heavy atom. The molecule has 0 radical (unpaired) electrons. The first-order valence-electron chi connectivity index (χ1n) is 8.96. The van der Waals surface area contributed by atoms with Gasteiger partial charge in [-0.05, 0) is 42.8 Å². The van der Waals surface area contributed by atoms with E-state index in [0.29, 0.717) is 23.3 Å². The third kappa shape index (κ3) is 5.68. The Morgan fingerprint density at radius 3 is 2.72 bits per heavy atom. The lowest BCUT2D eigenvalue weighted by molar-refractivity contribution is -0.113. The van der Waals surface area contributed by atoms with Gasteiger partial charge in [-0.1, -0.05) is 36.0 Å². The molecule has 0 atom stereocenters. The number of thioether (sulfide) groups is 1. The highest BCUT2D eigenvalue weighted by atomic mass is 32.2. The van der Waals surface area contributed by atoms with Crippen LogP contribution in [0.2, 0.25) is 0 Å². The molecule has 0 fully saturated rings. The van der Waals surface area contributed by atoms with E-state index in [0.717, 1.165) is 11.3 Å². The van der Waals surface area contributed by atoms with Crippen molar-refractivity contribution < 1.29 is 13.9 Å². The lowest BCUT2D eigenvalue weighted by Crippen LogP contribution is -2.15. The summed E-state index contributed by atoms with van der Waals surface area (Å²) in [7, 11) is 0. The van der Waals surface area contributed by atoms with Crippen LogP contribution in [0.3, 0.4) is 0 Å². The van der Waals surface area contributed by atoms with Crippen LogP contribution in [0.5, 0.6) is 5.75 Å². The molecule has 1 aromatic heterocycles. The Kier molecular flexibility index (Phi) is 7.02. The maximum absolute atomic E-state index is 13.0. The zero-order valence-electron chi connectivity index (χ0n) is 16.0. The molecule has 0 aliphatic carbocycles. The summed E-state index contributed by atoms with van der Waals surface area (Å²) in [4.78, 5) is 12.3. The van der Waals surface area contributed by atoms with E-state index in [1.165, 1.54) is 23.9 Å². The van der Waals surface area contributed by atoms with Gasteiger partial charge in [0.05, 0.1) is 5.75 Å². The van der Waals surface area contributed by atoms with E-state index in [-0.39, 0.29) is 24.1 Å². The predicted molar refractivity (Wildman–Crippen MR) is 111 cm³/mol. The van der Waals surface area contributed by atoms with Crippen molar-refractivity contribution in [2.75, 3.05) is 11.1 Å². The molecule has 0 saturated heterocycles. The van der Waals surface area contributed by atoms with Gasteiger partial charge in [0.2, 0.25) is 5.91 Å². The Morgan fingerprint density at radius 1 is 1.24 bits per heavy atom. The molecule has 0 bridgehead atoms. The second kappa shape index (κ2) is 9.88. The maximum atomic E-state index is 13.0. The molecule has 1 N–H and O–H groups in total. The Hall–Kier alpha value is -3.13. The van der Waals surface area contributed by atoms with Gasteiger partial charge in [-0.15, -0.1) is 16.8 Å². The lowest BCUT2D eigenvalue weighted by atomic mass is 10.2. The first-order valence-corrected chi connectivity index (χ1v) is 9.95. The number of hydrogen-bond acceptors (Lipinski definition) is 5. The zero-order chi connectivity index (χ0) is 20.6. The molecule has 2 aromatic carbocycles. The highest BCUT2D eigenvalue weighted by Gasteiger charge is 2.14. The van der Waals surface area contributed by atoms with Crippen molar-refractivity contribution in [1.29, 1.82) is 0 Å². The third-order valence-corrected chi connectivity index (χ3v) is 5.00. The predicted octanol–water partition coefficient (Wildman–Crippen LogP) is 4.22. The molecular weight excluding hydrogens is 391 g/mol. The van der Waals surface area contributed by atoms with Gasteiger partial charge in [-0.2, -0.15) is 0 Å². The lowest BCUT2D eigenvalue weighted by Gasteiger charge is -2.10. The Bertz CT molecular complexity index is 989. The van der Waals surface area contributed by atoms with Crippen LogP contribution in [-0.2, 0) is 17.9 Å². The smallest absolute Gasteiger partial charge is 0.234 e. The number of ether oxygens (including phenoxy) is 1. The average Bonchev–Trinajstić information content (AvgIpc) is 3.10. The summed E-state index contributed by atoms with van der Waals surface area (Å²) in [6.07, 6.45) is 1.72. The van der Waals surface area contributed by atoms with Crippen LogP contribution in [0.25, 0.3) is 0 Å². The minimum Gasteiger partial charge on any atom is -0.486 e. The fourth-order valence-electron chi connectivity index (χ4n) is 2.55. The van der Waals surface area contributed by atoms with E-state index in [4.69, 9.17) is 4.74 Å². The summed E-state index contributed by atoms with van der Waals surface area (Å²) in [6.45, 7) is 6.35. The fourth-order valence-corrected chi connectivity index (χ4v) is 3.32. The van der Waals surface area contributed by atoms with Crippen LogP contribution in [0.4, 0.5) is 10.1 Å². The van der Waals surface area contributed by atoms with Crippen LogP contribution in [0.15, 0.2) is 66.3 Å². The van der Waals surface area contributed by atoms with Crippen LogP contribution in [-0.4, -0.2) is 26.4 Å². The molecule has 0 unspecified atom stereocenters. The summed E-state index contributed by atoms with van der Waals surface area (Å²) >= 11 is 1.29. The van der Waals surface area contributed by atoms with Crippen LogP contribution < -0.4 is 10.1 Å².